The van der Waals surface area contributed by atoms with E-state index in [1.54, 1.807) is 24.3 Å². The average molecular weight is 356 g/mol. The van der Waals surface area contributed by atoms with Gasteiger partial charge in [0.05, 0.1) is 0 Å². The van der Waals surface area contributed by atoms with E-state index in [1.165, 1.54) is 13.8 Å². The van der Waals surface area contributed by atoms with E-state index in [4.69, 9.17) is 26.2 Å². The summed E-state index contributed by atoms with van der Waals surface area (Å²) < 4.78 is 10.1. The van der Waals surface area contributed by atoms with E-state index in [9.17, 15) is 14.4 Å². The molecule has 1 amide bonds. The molecule has 130 valence electrons. The Bertz CT molecular complexity index is 622. The molecular formula is C16H18ClNO6. The number of amides is 1. The summed E-state index contributed by atoms with van der Waals surface area (Å²) in [6.07, 6.45) is -1.00. The number of carbonyl (C=O) groups is 3. The number of esters is 2. The monoisotopic (exact) mass is 355 g/mol. The second-order valence-electron chi connectivity index (χ2n) is 6.01. The van der Waals surface area contributed by atoms with Gasteiger partial charge in [-0.3, -0.25) is 9.59 Å². The normalized spacial score (nSPS) is 18.5. The van der Waals surface area contributed by atoms with Crippen molar-refractivity contribution in [2.45, 2.75) is 38.5 Å². The Morgan fingerprint density at radius 1 is 1.25 bits per heavy atom. The van der Waals surface area contributed by atoms with Gasteiger partial charge in [0.2, 0.25) is 0 Å². The van der Waals surface area contributed by atoms with Crippen molar-refractivity contribution in [3.63, 3.8) is 0 Å². The molecular weight excluding hydrogens is 338 g/mol. The molecule has 7 nitrogen and oxygen atoms in total. The van der Waals surface area contributed by atoms with E-state index in [0.29, 0.717) is 11.4 Å². The van der Waals surface area contributed by atoms with E-state index >= 15 is 0 Å². The Balaban J connectivity index is 2.10. The van der Waals surface area contributed by atoms with Crippen LogP contribution in [0.3, 0.4) is 0 Å². The summed E-state index contributed by atoms with van der Waals surface area (Å²) >= 11 is 5.82. The maximum atomic E-state index is 12.0. The van der Waals surface area contributed by atoms with Crippen molar-refractivity contribution in [2.24, 2.45) is 5.92 Å². The highest BCUT2D eigenvalue weighted by Crippen LogP contribution is 2.26. The molecule has 2 N–H and O–H groups in total. The minimum absolute atomic E-state index is 0.0529. The van der Waals surface area contributed by atoms with Crippen LogP contribution >= 0.6 is 11.6 Å². The van der Waals surface area contributed by atoms with Crippen molar-refractivity contribution in [3.05, 3.63) is 34.9 Å². The zero-order valence-electron chi connectivity index (χ0n) is 13.2. The largest absolute Gasteiger partial charge is 0.465 e. The highest BCUT2D eigenvalue weighted by Gasteiger charge is 2.44. The summed E-state index contributed by atoms with van der Waals surface area (Å²) in [6, 6.07) is 6.20. The van der Waals surface area contributed by atoms with E-state index in [2.05, 4.69) is 5.32 Å². The Morgan fingerprint density at radius 3 is 2.29 bits per heavy atom. The smallest absolute Gasteiger partial charge is 0.404 e. The number of cyclic esters (lactones) is 2. The number of hydrogen-bond donors (Lipinski definition) is 2. The van der Waals surface area contributed by atoms with Crippen LogP contribution < -0.4 is 5.32 Å². The summed E-state index contributed by atoms with van der Waals surface area (Å²) in [6.45, 7) is 2.92. The fourth-order valence-electron chi connectivity index (χ4n) is 2.49. The van der Waals surface area contributed by atoms with Crippen LogP contribution in [0, 0.1) is 5.92 Å². The molecule has 1 aromatic rings. The van der Waals surface area contributed by atoms with E-state index in [-0.39, 0.29) is 6.42 Å². The van der Waals surface area contributed by atoms with Crippen LogP contribution in [0.15, 0.2) is 24.3 Å². The Labute approximate surface area is 143 Å². The van der Waals surface area contributed by atoms with Gasteiger partial charge in [0.15, 0.2) is 5.92 Å². The number of carboxylic acid groups (broad SMARTS) is 1. The van der Waals surface area contributed by atoms with Crippen molar-refractivity contribution < 1.29 is 29.0 Å². The highest BCUT2D eigenvalue weighted by atomic mass is 35.5. The van der Waals surface area contributed by atoms with Gasteiger partial charge in [-0.15, -0.1) is 0 Å². The third-order valence-corrected chi connectivity index (χ3v) is 3.76. The quantitative estimate of drug-likeness (QED) is 0.621. The summed E-state index contributed by atoms with van der Waals surface area (Å²) in [5, 5.41) is 11.9. The Hall–Kier alpha value is -2.28. The predicted octanol–water partition coefficient (Wildman–Crippen LogP) is 2.36. The molecule has 8 heteroatoms. The van der Waals surface area contributed by atoms with Gasteiger partial charge < -0.3 is 19.9 Å². The zero-order valence-corrected chi connectivity index (χ0v) is 14.0. The zero-order chi connectivity index (χ0) is 17.9. The van der Waals surface area contributed by atoms with Crippen molar-refractivity contribution in [1.29, 1.82) is 0 Å². The molecule has 1 heterocycles. The van der Waals surface area contributed by atoms with Crippen LogP contribution in [0.4, 0.5) is 4.79 Å². The van der Waals surface area contributed by atoms with Crippen LogP contribution in [0.1, 0.15) is 25.8 Å². The van der Waals surface area contributed by atoms with Crippen LogP contribution in [-0.2, 0) is 25.5 Å². The lowest BCUT2D eigenvalue weighted by Gasteiger charge is -2.34. The Kier molecular flexibility index (Phi) is 5.33. The number of carbonyl (C=O) groups excluding carboxylic acids is 2. The molecule has 1 aliphatic rings. The molecule has 2 rings (SSSR count). The summed E-state index contributed by atoms with van der Waals surface area (Å²) in [7, 11) is 0. The first-order valence-electron chi connectivity index (χ1n) is 7.36. The predicted molar refractivity (Wildman–Crippen MR) is 84.5 cm³/mol. The molecule has 1 aliphatic heterocycles. The van der Waals surface area contributed by atoms with Gasteiger partial charge in [-0.25, -0.2) is 4.79 Å². The first-order chi connectivity index (χ1) is 11.2. The van der Waals surface area contributed by atoms with Gasteiger partial charge >= 0.3 is 18.0 Å². The molecule has 0 aliphatic carbocycles. The van der Waals surface area contributed by atoms with Gasteiger partial charge in [0, 0.05) is 24.9 Å². The number of benzene rings is 1. The second-order valence-corrected chi connectivity index (χ2v) is 6.44. The standard InChI is InChI=1S/C16H18ClNO6/c1-16(2)23-13(19)12(14(20)24-16)8-11(18-15(21)22)7-9-3-5-10(17)6-4-9/h3-6,11-12,18H,7-8H2,1-2H3,(H,21,22). The van der Waals surface area contributed by atoms with Gasteiger partial charge in [0.1, 0.15) is 0 Å². The van der Waals surface area contributed by atoms with E-state index < -0.39 is 35.8 Å². The van der Waals surface area contributed by atoms with Crippen molar-refractivity contribution in [2.75, 3.05) is 0 Å². The lowest BCUT2D eigenvalue weighted by atomic mass is 9.94. The van der Waals surface area contributed by atoms with Gasteiger partial charge in [-0.2, -0.15) is 0 Å². The van der Waals surface area contributed by atoms with Gasteiger partial charge in [0.25, 0.3) is 5.79 Å². The van der Waals surface area contributed by atoms with Crippen LogP contribution in [0.2, 0.25) is 5.02 Å². The Morgan fingerprint density at radius 2 is 1.79 bits per heavy atom. The maximum Gasteiger partial charge on any atom is 0.404 e. The van der Waals surface area contributed by atoms with Crippen LogP contribution in [0.25, 0.3) is 0 Å². The molecule has 24 heavy (non-hydrogen) atoms. The third-order valence-electron chi connectivity index (χ3n) is 3.50. The fraction of sp³-hybridized carbons (Fsp3) is 0.438. The first-order valence-corrected chi connectivity index (χ1v) is 7.74. The first kappa shape index (κ1) is 18.1. The topological polar surface area (TPSA) is 102 Å². The molecule has 0 saturated carbocycles. The molecule has 1 aromatic carbocycles. The average Bonchev–Trinajstić information content (AvgIpc) is 2.43. The molecule has 0 radical (unpaired) electrons. The van der Waals surface area contributed by atoms with E-state index in [0.717, 1.165) is 5.56 Å². The molecule has 1 fully saturated rings. The minimum atomic E-state index is -1.31. The van der Waals surface area contributed by atoms with Gasteiger partial charge in [-0.05, 0) is 30.5 Å². The minimum Gasteiger partial charge on any atom is -0.465 e. The molecule has 1 unspecified atom stereocenters. The number of halogens is 1. The molecule has 1 atom stereocenters. The lowest BCUT2D eigenvalue weighted by molar-refractivity contribution is -0.240. The fourth-order valence-corrected chi connectivity index (χ4v) is 2.62. The highest BCUT2D eigenvalue weighted by molar-refractivity contribution is 6.30. The maximum absolute atomic E-state index is 12.0. The summed E-state index contributed by atoms with van der Waals surface area (Å²) in [5.74, 6) is -3.91. The number of ether oxygens (including phenoxy) is 2. The number of nitrogens with one attached hydrogen (secondary N) is 1. The lowest BCUT2D eigenvalue weighted by Crippen LogP contribution is -2.49. The van der Waals surface area contributed by atoms with Crippen molar-refractivity contribution in [3.8, 4) is 0 Å². The molecule has 0 bridgehead atoms. The third kappa shape index (κ3) is 4.86. The number of hydrogen-bond acceptors (Lipinski definition) is 5. The molecule has 0 aromatic heterocycles. The second kappa shape index (κ2) is 7.09. The van der Waals surface area contributed by atoms with Crippen LogP contribution in [0.5, 0.6) is 0 Å². The molecule has 1 saturated heterocycles. The van der Waals surface area contributed by atoms with E-state index in [1.807, 2.05) is 0 Å². The molecule has 0 spiro atoms. The SMILES string of the molecule is CC1(C)OC(=O)C(CC(Cc2ccc(Cl)cc2)NC(=O)O)C(=O)O1. The van der Waals surface area contributed by atoms with Gasteiger partial charge in [-0.1, -0.05) is 23.7 Å². The summed E-state index contributed by atoms with van der Waals surface area (Å²) in [5.41, 5.74) is 0.816. The van der Waals surface area contributed by atoms with Crippen molar-refractivity contribution in [1.82, 2.24) is 5.32 Å². The number of rotatable bonds is 5. The van der Waals surface area contributed by atoms with Crippen molar-refractivity contribution >= 4 is 29.6 Å². The van der Waals surface area contributed by atoms with Crippen LogP contribution in [-0.4, -0.2) is 35.0 Å². The summed E-state index contributed by atoms with van der Waals surface area (Å²) in [4.78, 5) is 35.0.